The summed E-state index contributed by atoms with van der Waals surface area (Å²) in [6.07, 6.45) is 3.99. The highest BCUT2D eigenvalue weighted by Gasteiger charge is 2.18. The Kier molecular flexibility index (Phi) is 7.73. The largest absolute Gasteiger partial charge is 0.354 e. The monoisotopic (exact) mass is 354 g/mol. The predicted octanol–water partition coefficient (Wildman–Crippen LogP) is 3.15. The van der Waals surface area contributed by atoms with Gasteiger partial charge in [-0.1, -0.05) is 19.4 Å². The zero-order chi connectivity index (χ0) is 18.3. The van der Waals surface area contributed by atoms with Crippen molar-refractivity contribution in [2.45, 2.75) is 59.4 Å². The number of rotatable bonds is 9. The molecule has 0 aromatic heterocycles. The van der Waals surface area contributed by atoms with Crippen LogP contribution in [0.4, 0.5) is 5.69 Å². The van der Waals surface area contributed by atoms with Crippen LogP contribution in [0.3, 0.4) is 0 Å². The first-order valence-electron chi connectivity index (χ1n) is 8.49. The number of carbonyl (C=O) groups is 1. The van der Waals surface area contributed by atoms with Crippen LogP contribution < -0.4 is 9.62 Å². The Hall–Kier alpha value is -1.56. The van der Waals surface area contributed by atoms with Gasteiger partial charge in [-0.25, -0.2) is 8.42 Å². The molecule has 1 atom stereocenters. The molecule has 136 valence electrons. The fourth-order valence-electron chi connectivity index (χ4n) is 2.60. The topological polar surface area (TPSA) is 66.5 Å². The van der Waals surface area contributed by atoms with E-state index >= 15 is 0 Å². The molecule has 0 bridgehead atoms. The molecule has 0 unspecified atom stereocenters. The molecule has 0 spiro atoms. The Morgan fingerprint density at radius 2 is 1.92 bits per heavy atom. The van der Waals surface area contributed by atoms with Crippen molar-refractivity contribution >= 4 is 21.6 Å². The lowest BCUT2D eigenvalue weighted by Crippen LogP contribution is -2.34. The molecule has 24 heavy (non-hydrogen) atoms. The van der Waals surface area contributed by atoms with Crippen molar-refractivity contribution in [1.82, 2.24) is 5.32 Å². The average Bonchev–Trinajstić information content (AvgIpc) is 2.45. The van der Waals surface area contributed by atoms with Gasteiger partial charge in [-0.15, -0.1) is 0 Å². The third-order valence-corrected chi connectivity index (χ3v) is 5.27. The van der Waals surface area contributed by atoms with Gasteiger partial charge in [0.25, 0.3) is 0 Å². The van der Waals surface area contributed by atoms with E-state index in [0.717, 1.165) is 24.0 Å². The molecule has 5 nitrogen and oxygen atoms in total. The van der Waals surface area contributed by atoms with E-state index in [1.54, 1.807) is 0 Å². The second-order valence-electron chi connectivity index (χ2n) is 6.46. The number of benzene rings is 1. The number of aryl methyl sites for hydroxylation is 2. The molecule has 6 heteroatoms. The lowest BCUT2D eigenvalue weighted by atomic mass is 10.1. The summed E-state index contributed by atoms with van der Waals surface area (Å²) in [5.41, 5.74) is 2.82. The second-order valence-corrected chi connectivity index (χ2v) is 8.37. The minimum Gasteiger partial charge on any atom is -0.354 e. The lowest BCUT2D eigenvalue weighted by Gasteiger charge is -2.23. The van der Waals surface area contributed by atoms with Crippen molar-refractivity contribution in [2.75, 3.05) is 17.1 Å². The molecule has 0 heterocycles. The predicted molar refractivity (Wildman–Crippen MR) is 99.9 cm³/mol. The summed E-state index contributed by atoms with van der Waals surface area (Å²) in [7, 11) is -3.38. The second kappa shape index (κ2) is 9.06. The van der Waals surface area contributed by atoms with Crippen molar-refractivity contribution in [1.29, 1.82) is 0 Å². The van der Waals surface area contributed by atoms with Crippen LogP contribution in [0.25, 0.3) is 0 Å². The Morgan fingerprint density at radius 1 is 1.25 bits per heavy atom. The van der Waals surface area contributed by atoms with Gasteiger partial charge in [0, 0.05) is 19.0 Å². The van der Waals surface area contributed by atoms with E-state index in [1.165, 1.54) is 10.6 Å². The fourth-order valence-corrected chi connectivity index (χ4v) is 3.56. The maximum atomic E-state index is 12.1. The third-order valence-electron chi connectivity index (χ3n) is 4.07. The van der Waals surface area contributed by atoms with Gasteiger partial charge >= 0.3 is 0 Å². The van der Waals surface area contributed by atoms with Crippen LogP contribution in [0.5, 0.6) is 0 Å². The highest BCUT2D eigenvalue weighted by Crippen LogP contribution is 2.21. The van der Waals surface area contributed by atoms with Crippen LogP contribution in [-0.4, -0.2) is 33.2 Å². The van der Waals surface area contributed by atoms with E-state index in [-0.39, 0.29) is 11.9 Å². The van der Waals surface area contributed by atoms with Crippen molar-refractivity contribution in [3.8, 4) is 0 Å². The molecule has 0 fully saturated rings. The van der Waals surface area contributed by atoms with Crippen molar-refractivity contribution in [3.63, 3.8) is 0 Å². The van der Waals surface area contributed by atoms with E-state index < -0.39 is 10.0 Å². The molecular weight excluding hydrogens is 324 g/mol. The van der Waals surface area contributed by atoms with Crippen molar-refractivity contribution < 1.29 is 13.2 Å². The van der Waals surface area contributed by atoms with Crippen LogP contribution in [0.15, 0.2) is 18.2 Å². The summed E-state index contributed by atoms with van der Waals surface area (Å²) >= 11 is 0. The number of nitrogens with zero attached hydrogens (tertiary/aromatic N) is 1. The number of amides is 1. The van der Waals surface area contributed by atoms with Gasteiger partial charge in [0.2, 0.25) is 15.9 Å². The van der Waals surface area contributed by atoms with E-state index in [2.05, 4.69) is 12.2 Å². The number of carbonyl (C=O) groups excluding carboxylic acids is 1. The fraction of sp³-hybridized carbons (Fsp3) is 0.611. The van der Waals surface area contributed by atoms with Crippen LogP contribution in [-0.2, 0) is 14.8 Å². The van der Waals surface area contributed by atoms with Gasteiger partial charge in [0.1, 0.15) is 0 Å². The van der Waals surface area contributed by atoms with Crippen molar-refractivity contribution in [3.05, 3.63) is 29.3 Å². The van der Waals surface area contributed by atoms with Crippen LogP contribution in [0.2, 0.25) is 0 Å². The van der Waals surface area contributed by atoms with Crippen LogP contribution >= 0.6 is 0 Å². The molecule has 0 radical (unpaired) electrons. The number of anilines is 1. The van der Waals surface area contributed by atoms with Gasteiger partial charge in [-0.3, -0.25) is 9.10 Å². The molecular formula is C18H30N2O3S. The normalized spacial score (nSPS) is 12.7. The number of hydrogen-bond acceptors (Lipinski definition) is 3. The van der Waals surface area contributed by atoms with E-state index in [1.807, 2.05) is 39.0 Å². The minimum absolute atomic E-state index is 0.0236. The van der Waals surface area contributed by atoms with Gasteiger partial charge in [0.15, 0.2) is 0 Å². The van der Waals surface area contributed by atoms with Gasteiger partial charge in [0.05, 0.1) is 11.9 Å². The Labute approximate surface area is 146 Å². The summed E-state index contributed by atoms with van der Waals surface area (Å²) in [5.74, 6) is -0.0236. The highest BCUT2D eigenvalue weighted by atomic mass is 32.2. The number of hydrogen-bond donors (Lipinski definition) is 1. The zero-order valence-electron chi connectivity index (χ0n) is 15.4. The number of nitrogens with one attached hydrogen (secondary N) is 1. The smallest absolute Gasteiger partial charge is 0.232 e. The molecule has 1 rings (SSSR count). The SMILES string of the molecule is CCC[C@@H](C)NC(=O)CCCN(c1ccc(C)c(C)c1)S(C)(=O)=O. The molecule has 1 aromatic rings. The molecule has 0 aliphatic heterocycles. The molecule has 1 aromatic carbocycles. The number of sulfonamides is 1. The van der Waals surface area contributed by atoms with Crippen molar-refractivity contribution in [2.24, 2.45) is 0 Å². The molecule has 1 amide bonds. The van der Waals surface area contributed by atoms with Gasteiger partial charge < -0.3 is 5.32 Å². The summed E-state index contributed by atoms with van der Waals surface area (Å²) in [6, 6.07) is 5.77. The molecule has 1 N–H and O–H groups in total. The first-order valence-corrected chi connectivity index (χ1v) is 10.3. The summed E-state index contributed by atoms with van der Waals surface area (Å²) < 4.78 is 25.6. The molecule has 0 aliphatic carbocycles. The standard InChI is InChI=1S/C18H30N2O3S/c1-6-8-16(4)19-18(21)9-7-12-20(24(5,22)23)17-11-10-14(2)15(3)13-17/h10-11,13,16H,6-9,12H2,1-5H3,(H,19,21)/t16-/m1/s1. The van der Waals surface area contributed by atoms with Crippen LogP contribution in [0, 0.1) is 13.8 Å². The Bertz CT molecular complexity index is 656. The highest BCUT2D eigenvalue weighted by molar-refractivity contribution is 7.92. The van der Waals surface area contributed by atoms with E-state index in [9.17, 15) is 13.2 Å². The average molecular weight is 355 g/mol. The first kappa shape index (κ1) is 20.5. The molecule has 0 saturated carbocycles. The quantitative estimate of drug-likeness (QED) is 0.741. The van der Waals surface area contributed by atoms with Crippen LogP contribution in [0.1, 0.15) is 50.7 Å². The molecule has 0 aliphatic rings. The summed E-state index contributed by atoms with van der Waals surface area (Å²) in [5, 5.41) is 2.94. The van der Waals surface area contributed by atoms with Gasteiger partial charge in [-0.05, 0) is 56.9 Å². The Morgan fingerprint density at radius 3 is 2.46 bits per heavy atom. The first-order chi connectivity index (χ1) is 11.1. The molecule has 0 saturated heterocycles. The Balaban J connectivity index is 2.69. The van der Waals surface area contributed by atoms with E-state index in [0.29, 0.717) is 25.1 Å². The third kappa shape index (κ3) is 6.51. The minimum atomic E-state index is -3.38. The lowest BCUT2D eigenvalue weighted by molar-refractivity contribution is -0.121. The van der Waals surface area contributed by atoms with E-state index in [4.69, 9.17) is 0 Å². The maximum absolute atomic E-state index is 12.1. The maximum Gasteiger partial charge on any atom is 0.232 e. The summed E-state index contributed by atoms with van der Waals surface area (Å²) in [4.78, 5) is 11.9. The summed E-state index contributed by atoms with van der Waals surface area (Å²) in [6.45, 7) is 8.32. The van der Waals surface area contributed by atoms with Gasteiger partial charge in [-0.2, -0.15) is 0 Å². The zero-order valence-corrected chi connectivity index (χ0v) is 16.2.